The standard InChI is InChI=1S/C12H16N2O2/c13-12(16)10-4-3-9(7-11(10)15)8-14-5-1-2-6-14/h3-4,7,15H,1-2,5-6,8H2,(H2,13,16). The van der Waals surface area contributed by atoms with Crippen LogP contribution in [0.3, 0.4) is 0 Å². The number of hydrogen-bond donors (Lipinski definition) is 2. The zero-order chi connectivity index (χ0) is 11.5. The number of rotatable bonds is 3. The molecular weight excluding hydrogens is 204 g/mol. The van der Waals surface area contributed by atoms with Crippen molar-refractivity contribution >= 4 is 5.91 Å². The molecule has 86 valence electrons. The molecule has 1 aromatic carbocycles. The molecule has 1 amide bonds. The second kappa shape index (κ2) is 4.53. The smallest absolute Gasteiger partial charge is 0.252 e. The van der Waals surface area contributed by atoms with Gasteiger partial charge in [-0.25, -0.2) is 0 Å². The number of nitrogens with zero attached hydrogens (tertiary/aromatic N) is 1. The van der Waals surface area contributed by atoms with Gasteiger partial charge in [0.25, 0.3) is 5.91 Å². The van der Waals surface area contributed by atoms with Gasteiger partial charge in [-0.05, 0) is 43.6 Å². The van der Waals surface area contributed by atoms with E-state index < -0.39 is 5.91 Å². The van der Waals surface area contributed by atoms with Crippen molar-refractivity contribution in [3.05, 3.63) is 29.3 Å². The van der Waals surface area contributed by atoms with Gasteiger partial charge in [-0.15, -0.1) is 0 Å². The summed E-state index contributed by atoms with van der Waals surface area (Å²) in [5, 5.41) is 9.62. The minimum Gasteiger partial charge on any atom is -0.507 e. The molecule has 0 spiro atoms. The van der Waals surface area contributed by atoms with Crippen LogP contribution in [0.1, 0.15) is 28.8 Å². The van der Waals surface area contributed by atoms with Crippen molar-refractivity contribution in [3.8, 4) is 5.75 Å². The molecule has 0 atom stereocenters. The number of aromatic hydroxyl groups is 1. The Morgan fingerprint density at radius 3 is 2.62 bits per heavy atom. The summed E-state index contributed by atoms with van der Waals surface area (Å²) in [6, 6.07) is 5.06. The fourth-order valence-corrected chi connectivity index (χ4v) is 2.08. The summed E-state index contributed by atoms with van der Waals surface area (Å²) in [5.74, 6) is -0.616. The molecule has 0 radical (unpaired) electrons. The molecule has 1 aromatic rings. The predicted molar refractivity (Wildman–Crippen MR) is 61.1 cm³/mol. The summed E-state index contributed by atoms with van der Waals surface area (Å²) in [5.41, 5.74) is 6.32. The maximum atomic E-state index is 10.9. The Kier molecular flexibility index (Phi) is 3.10. The maximum absolute atomic E-state index is 10.9. The van der Waals surface area contributed by atoms with Crippen LogP contribution in [-0.2, 0) is 6.54 Å². The second-order valence-electron chi connectivity index (χ2n) is 4.20. The monoisotopic (exact) mass is 220 g/mol. The first-order valence-corrected chi connectivity index (χ1v) is 5.51. The van der Waals surface area contributed by atoms with E-state index >= 15 is 0 Å². The molecule has 4 heteroatoms. The molecule has 16 heavy (non-hydrogen) atoms. The summed E-state index contributed by atoms with van der Waals surface area (Å²) in [4.78, 5) is 13.3. The molecule has 1 heterocycles. The number of nitrogens with two attached hydrogens (primary N) is 1. The largest absolute Gasteiger partial charge is 0.507 e. The number of amides is 1. The van der Waals surface area contributed by atoms with Gasteiger partial charge in [0.1, 0.15) is 5.75 Å². The third-order valence-electron chi connectivity index (χ3n) is 2.93. The van der Waals surface area contributed by atoms with Crippen LogP contribution in [0.4, 0.5) is 0 Å². The highest BCUT2D eigenvalue weighted by atomic mass is 16.3. The van der Waals surface area contributed by atoms with Crippen molar-refractivity contribution in [1.82, 2.24) is 4.90 Å². The van der Waals surface area contributed by atoms with Crippen molar-refractivity contribution in [3.63, 3.8) is 0 Å². The van der Waals surface area contributed by atoms with Crippen LogP contribution in [0, 0.1) is 0 Å². The molecule has 1 aliphatic rings. The molecule has 0 bridgehead atoms. The molecule has 1 fully saturated rings. The lowest BCUT2D eigenvalue weighted by Crippen LogP contribution is -2.18. The number of carbonyl (C=O) groups is 1. The van der Waals surface area contributed by atoms with Crippen molar-refractivity contribution in [2.75, 3.05) is 13.1 Å². The van der Waals surface area contributed by atoms with Crippen LogP contribution in [0.15, 0.2) is 18.2 Å². The summed E-state index contributed by atoms with van der Waals surface area (Å²) >= 11 is 0. The van der Waals surface area contributed by atoms with Crippen molar-refractivity contribution in [2.45, 2.75) is 19.4 Å². The van der Waals surface area contributed by atoms with Crippen LogP contribution in [0.2, 0.25) is 0 Å². The fraction of sp³-hybridized carbons (Fsp3) is 0.417. The SMILES string of the molecule is NC(=O)c1ccc(CN2CCCC2)cc1O. The summed E-state index contributed by atoms with van der Waals surface area (Å²) in [6.45, 7) is 3.04. The predicted octanol–water partition coefficient (Wildman–Crippen LogP) is 1.09. The van der Waals surface area contributed by atoms with Gasteiger partial charge in [0, 0.05) is 6.54 Å². The second-order valence-corrected chi connectivity index (χ2v) is 4.20. The molecular formula is C12H16N2O2. The quantitative estimate of drug-likeness (QED) is 0.801. The van der Waals surface area contributed by atoms with Crippen molar-refractivity contribution in [1.29, 1.82) is 0 Å². The number of phenols is 1. The molecule has 0 saturated carbocycles. The van der Waals surface area contributed by atoms with Crippen LogP contribution < -0.4 is 5.73 Å². The first-order valence-electron chi connectivity index (χ1n) is 5.51. The van der Waals surface area contributed by atoms with Crippen LogP contribution >= 0.6 is 0 Å². The third-order valence-corrected chi connectivity index (χ3v) is 2.93. The van der Waals surface area contributed by atoms with Crippen LogP contribution in [-0.4, -0.2) is 29.0 Å². The fourth-order valence-electron chi connectivity index (χ4n) is 2.08. The van der Waals surface area contributed by atoms with E-state index in [0.717, 1.165) is 25.2 Å². The average molecular weight is 220 g/mol. The Morgan fingerprint density at radius 1 is 1.38 bits per heavy atom. The topological polar surface area (TPSA) is 66.6 Å². The molecule has 3 N–H and O–H groups in total. The molecule has 4 nitrogen and oxygen atoms in total. The minimum absolute atomic E-state index is 0.0239. The summed E-state index contributed by atoms with van der Waals surface area (Å²) < 4.78 is 0. The van der Waals surface area contributed by atoms with E-state index in [4.69, 9.17) is 5.73 Å². The van der Waals surface area contributed by atoms with Gasteiger partial charge in [-0.3, -0.25) is 9.69 Å². The van der Waals surface area contributed by atoms with Gasteiger partial charge in [-0.2, -0.15) is 0 Å². The normalized spacial score (nSPS) is 16.5. The van der Waals surface area contributed by atoms with E-state index in [1.165, 1.54) is 12.8 Å². The van der Waals surface area contributed by atoms with E-state index in [9.17, 15) is 9.90 Å². The van der Waals surface area contributed by atoms with E-state index in [-0.39, 0.29) is 11.3 Å². The first kappa shape index (κ1) is 11.0. The van der Waals surface area contributed by atoms with Gasteiger partial charge in [0.15, 0.2) is 0 Å². The summed E-state index contributed by atoms with van der Waals surface area (Å²) in [7, 11) is 0. The number of likely N-dealkylation sites (tertiary alicyclic amines) is 1. The van der Waals surface area contributed by atoms with Gasteiger partial charge in [-0.1, -0.05) is 6.07 Å². The highest BCUT2D eigenvalue weighted by Crippen LogP contribution is 2.20. The number of carbonyl (C=O) groups excluding carboxylic acids is 1. The lowest BCUT2D eigenvalue weighted by Gasteiger charge is -2.14. The van der Waals surface area contributed by atoms with Gasteiger partial charge in [0.05, 0.1) is 5.56 Å². The average Bonchev–Trinajstić information content (AvgIpc) is 2.70. The number of benzene rings is 1. The number of hydrogen-bond acceptors (Lipinski definition) is 3. The van der Waals surface area contributed by atoms with Gasteiger partial charge < -0.3 is 10.8 Å². The highest BCUT2D eigenvalue weighted by molar-refractivity contribution is 5.95. The lowest BCUT2D eigenvalue weighted by atomic mass is 10.1. The lowest BCUT2D eigenvalue weighted by molar-refractivity contribution is 0.0997. The van der Waals surface area contributed by atoms with Gasteiger partial charge in [0.2, 0.25) is 0 Å². The Hall–Kier alpha value is -1.55. The van der Waals surface area contributed by atoms with E-state index in [1.54, 1.807) is 12.1 Å². The number of primary amides is 1. The molecule has 1 saturated heterocycles. The minimum atomic E-state index is -0.592. The summed E-state index contributed by atoms with van der Waals surface area (Å²) in [6.07, 6.45) is 2.48. The van der Waals surface area contributed by atoms with Crippen LogP contribution in [0.25, 0.3) is 0 Å². The highest BCUT2D eigenvalue weighted by Gasteiger charge is 2.13. The molecule has 0 unspecified atom stereocenters. The van der Waals surface area contributed by atoms with E-state index in [2.05, 4.69) is 4.90 Å². The third kappa shape index (κ3) is 2.33. The van der Waals surface area contributed by atoms with E-state index in [0.29, 0.717) is 0 Å². The Bertz CT molecular complexity index is 398. The molecule has 1 aliphatic heterocycles. The molecule has 0 aromatic heterocycles. The van der Waals surface area contributed by atoms with Gasteiger partial charge >= 0.3 is 0 Å². The van der Waals surface area contributed by atoms with E-state index in [1.807, 2.05) is 6.07 Å². The first-order chi connectivity index (χ1) is 7.66. The van der Waals surface area contributed by atoms with Crippen molar-refractivity contribution < 1.29 is 9.90 Å². The van der Waals surface area contributed by atoms with Crippen molar-refractivity contribution in [2.24, 2.45) is 5.73 Å². The zero-order valence-corrected chi connectivity index (χ0v) is 9.15. The van der Waals surface area contributed by atoms with Crippen LogP contribution in [0.5, 0.6) is 5.75 Å². The molecule has 0 aliphatic carbocycles. The Balaban J connectivity index is 2.11. The zero-order valence-electron chi connectivity index (χ0n) is 9.15. The maximum Gasteiger partial charge on any atom is 0.252 e. The molecule has 2 rings (SSSR count). The Labute approximate surface area is 94.7 Å². The Morgan fingerprint density at radius 2 is 2.06 bits per heavy atom.